The van der Waals surface area contributed by atoms with Crippen molar-refractivity contribution in [3.8, 4) is 5.75 Å². The molecule has 0 bridgehead atoms. The molecule has 0 saturated carbocycles. The van der Waals surface area contributed by atoms with Crippen LogP contribution in [-0.4, -0.2) is 25.6 Å². The Morgan fingerprint density at radius 2 is 1.84 bits per heavy atom. The molecule has 0 aromatic heterocycles. The standard InChI is InChI=1S/C20H23NO4/c1-13-8-9-17(10-14(13)2)20(23)25-12-19(22)21-15(3)16-6-5-7-18(11-16)24-4/h5-11,15H,12H2,1-4H3,(H,21,22). The van der Waals surface area contributed by atoms with Gasteiger partial charge in [0.25, 0.3) is 5.91 Å². The van der Waals surface area contributed by atoms with Crippen LogP contribution >= 0.6 is 0 Å². The quantitative estimate of drug-likeness (QED) is 0.819. The first-order valence-corrected chi connectivity index (χ1v) is 8.08. The number of benzene rings is 2. The van der Waals surface area contributed by atoms with Crippen molar-refractivity contribution in [1.29, 1.82) is 0 Å². The van der Waals surface area contributed by atoms with E-state index in [0.29, 0.717) is 5.56 Å². The summed E-state index contributed by atoms with van der Waals surface area (Å²) in [6.45, 7) is 5.43. The largest absolute Gasteiger partial charge is 0.497 e. The Hall–Kier alpha value is -2.82. The van der Waals surface area contributed by atoms with E-state index in [1.165, 1.54) is 0 Å². The van der Waals surface area contributed by atoms with Gasteiger partial charge in [-0.1, -0.05) is 18.2 Å². The lowest BCUT2D eigenvalue weighted by molar-refractivity contribution is -0.124. The monoisotopic (exact) mass is 341 g/mol. The fourth-order valence-corrected chi connectivity index (χ4v) is 2.36. The van der Waals surface area contributed by atoms with Crippen LogP contribution in [0.4, 0.5) is 0 Å². The van der Waals surface area contributed by atoms with Gasteiger partial charge in [-0.15, -0.1) is 0 Å². The Balaban J connectivity index is 1.89. The average Bonchev–Trinajstić information content (AvgIpc) is 2.62. The van der Waals surface area contributed by atoms with Crippen LogP contribution in [0, 0.1) is 13.8 Å². The third-order valence-electron chi connectivity index (χ3n) is 4.05. The zero-order chi connectivity index (χ0) is 18.4. The van der Waals surface area contributed by atoms with Gasteiger partial charge in [-0.2, -0.15) is 0 Å². The lowest BCUT2D eigenvalue weighted by Crippen LogP contribution is -2.31. The Labute approximate surface area is 148 Å². The number of carbonyl (C=O) groups excluding carboxylic acids is 2. The van der Waals surface area contributed by atoms with Crippen LogP contribution in [0.15, 0.2) is 42.5 Å². The van der Waals surface area contributed by atoms with Gasteiger partial charge in [-0.3, -0.25) is 4.79 Å². The summed E-state index contributed by atoms with van der Waals surface area (Å²) in [5.41, 5.74) is 3.46. The second kappa shape index (κ2) is 8.33. The van der Waals surface area contributed by atoms with Gasteiger partial charge in [0, 0.05) is 0 Å². The summed E-state index contributed by atoms with van der Waals surface area (Å²) < 4.78 is 10.3. The summed E-state index contributed by atoms with van der Waals surface area (Å²) in [5, 5.41) is 2.80. The lowest BCUT2D eigenvalue weighted by atomic mass is 10.1. The van der Waals surface area contributed by atoms with Crippen molar-refractivity contribution < 1.29 is 19.1 Å². The van der Waals surface area contributed by atoms with Crippen molar-refractivity contribution in [2.75, 3.05) is 13.7 Å². The maximum absolute atomic E-state index is 12.0. The smallest absolute Gasteiger partial charge is 0.338 e. The molecule has 1 N–H and O–H groups in total. The zero-order valence-electron chi connectivity index (χ0n) is 15.0. The first kappa shape index (κ1) is 18.5. The first-order chi connectivity index (χ1) is 11.9. The fourth-order valence-electron chi connectivity index (χ4n) is 2.36. The average molecular weight is 341 g/mol. The van der Waals surface area contributed by atoms with Crippen molar-refractivity contribution in [3.05, 3.63) is 64.7 Å². The van der Waals surface area contributed by atoms with Gasteiger partial charge >= 0.3 is 5.97 Å². The number of nitrogens with one attached hydrogen (secondary N) is 1. The second-order valence-electron chi connectivity index (χ2n) is 5.94. The molecular formula is C20H23NO4. The van der Waals surface area contributed by atoms with Crippen LogP contribution < -0.4 is 10.1 Å². The van der Waals surface area contributed by atoms with E-state index in [2.05, 4.69) is 5.32 Å². The minimum atomic E-state index is -0.507. The summed E-state index contributed by atoms with van der Waals surface area (Å²) in [7, 11) is 1.59. The summed E-state index contributed by atoms with van der Waals surface area (Å²) in [4.78, 5) is 24.1. The first-order valence-electron chi connectivity index (χ1n) is 8.08. The number of esters is 1. The molecule has 2 aromatic rings. The van der Waals surface area contributed by atoms with E-state index in [4.69, 9.17) is 9.47 Å². The Morgan fingerprint density at radius 3 is 2.52 bits per heavy atom. The lowest BCUT2D eigenvalue weighted by Gasteiger charge is -2.15. The highest BCUT2D eigenvalue weighted by Gasteiger charge is 2.14. The summed E-state index contributed by atoms with van der Waals surface area (Å²) in [5.74, 6) is -0.139. The second-order valence-corrected chi connectivity index (χ2v) is 5.94. The van der Waals surface area contributed by atoms with Crippen LogP contribution in [0.1, 0.15) is 40.0 Å². The van der Waals surface area contributed by atoms with Gasteiger partial charge in [-0.25, -0.2) is 4.79 Å². The van der Waals surface area contributed by atoms with Gasteiger partial charge in [0.15, 0.2) is 6.61 Å². The Bertz CT molecular complexity index is 770. The SMILES string of the molecule is COc1cccc(C(C)NC(=O)COC(=O)c2ccc(C)c(C)c2)c1. The predicted octanol–water partition coefficient (Wildman–Crippen LogP) is 3.35. The minimum Gasteiger partial charge on any atom is -0.497 e. The molecule has 0 aliphatic carbocycles. The molecule has 5 nitrogen and oxygen atoms in total. The number of methoxy groups -OCH3 is 1. The van der Waals surface area contributed by atoms with Crippen LogP contribution in [0.2, 0.25) is 0 Å². The summed E-state index contributed by atoms with van der Waals surface area (Å²) in [6.07, 6.45) is 0. The van der Waals surface area contributed by atoms with Crippen molar-refractivity contribution >= 4 is 11.9 Å². The molecule has 0 radical (unpaired) electrons. The molecule has 0 heterocycles. The maximum atomic E-state index is 12.0. The number of carbonyl (C=O) groups is 2. The topological polar surface area (TPSA) is 64.6 Å². The van der Waals surface area contributed by atoms with Gasteiger partial charge in [-0.05, 0) is 61.7 Å². The Morgan fingerprint density at radius 1 is 1.08 bits per heavy atom. The molecule has 2 rings (SSSR count). The summed E-state index contributed by atoms with van der Waals surface area (Å²) >= 11 is 0. The zero-order valence-corrected chi connectivity index (χ0v) is 15.0. The van der Waals surface area contributed by atoms with E-state index in [0.717, 1.165) is 22.4 Å². The van der Waals surface area contributed by atoms with E-state index >= 15 is 0 Å². The van der Waals surface area contributed by atoms with Crippen molar-refractivity contribution in [1.82, 2.24) is 5.32 Å². The van der Waals surface area contributed by atoms with Crippen molar-refractivity contribution in [2.24, 2.45) is 0 Å². The predicted molar refractivity (Wildman–Crippen MR) is 95.8 cm³/mol. The highest BCUT2D eigenvalue weighted by molar-refractivity contribution is 5.91. The number of aryl methyl sites for hydroxylation is 2. The van der Waals surface area contributed by atoms with Crippen LogP contribution in [-0.2, 0) is 9.53 Å². The van der Waals surface area contributed by atoms with Gasteiger partial charge in [0.1, 0.15) is 5.75 Å². The summed E-state index contributed by atoms with van der Waals surface area (Å²) in [6, 6.07) is 12.5. The number of hydrogen-bond donors (Lipinski definition) is 1. The fraction of sp³-hybridized carbons (Fsp3) is 0.300. The Kier molecular flexibility index (Phi) is 6.17. The van der Waals surface area contributed by atoms with Crippen molar-refractivity contribution in [3.63, 3.8) is 0 Å². The molecule has 5 heteroatoms. The van der Waals surface area contributed by atoms with E-state index in [9.17, 15) is 9.59 Å². The van der Waals surface area contributed by atoms with Gasteiger partial charge in [0.2, 0.25) is 0 Å². The van der Waals surface area contributed by atoms with E-state index < -0.39 is 5.97 Å². The minimum absolute atomic E-state index is 0.220. The van der Waals surface area contributed by atoms with Crippen LogP contribution in [0.5, 0.6) is 5.75 Å². The molecule has 25 heavy (non-hydrogen) atoms. The van der Waals surface area contributed by atoms with Gasteiger partial charge in [0.05, 0.1) is 18.7 Å². The molecule has 0 saturated heterocycles. The van der Waals surface area contributed by atoms with Gasteiger partial charge < -0.3 is 14.8 Å². The molecule has 1 amide bonds. The number of amides is 1. The molecular weight excluding hydrogens is 318 g/mol. The third kappa shape index (κ3) is 5.08. The molecule has 1 unspecified atom stereocenters. The normalized spacial score (nSPS) is 11.5. The number of hydrogen-bond acceptors (Lipinski definition) is 4. The third-order valence-corrected chi connectivity index (χ3v) is 4.05. The molecule has 0 fully saturated rings. The molecule has 0 spiro atoms. The van der Waals surface area contributed by atoms with Crippen LogP contribution in [0.25, 0.3) is 0 Å². The highest BCUT2D eigenvalue weighted by atomic mass is 16.5. The van der Waals surface area contributed by atoms with E-state index in [-0.39, 0.29) is 18.6 Å². The molecule has 1 atom stereocenters. The molecule has 0 aliphatic heterocycles. The number of rotatable bonds is 6. The molecule has 2 aromatic carbocycles. The van der Waals surface area contributed by atoms with Crippen LogP contribution in [0.3, 0.4) is 0 Å². The van der Waals surface area contributed by atoms with E-state index in [1.54, 1.807) is 19.2 Å². The highest BCUT2D eigenvalue weighted by Crippen LogP contribution is 2.18. The maximum Gasteiger partial charge on any atom is 0.338 e. The van der Waals surface area contributed by atoms with Crippen molar-refractivity contribution in [2.45, 2.75) is 26.8 Å². The van der Waals surface area contributed by atoms with E-state index in [1.807, 2.05) is 51.1 Å². The number of ether oxygens (including phenoxy) is 2. The molecule has 132 valence electrons. The molecule has 0 aliphatic rings.